The van der Waals surface area contributed by atoms with E-state index < -0.39 is 11.9 Å². The van der Waals surface area contributed by atoms with E-state index >= 15 is 0 Å². The maximum atomic E-state index is 11.5. The molecule has 2 aliphatic heterocycles. The molecule has 0 spiro atoms. The number of hydrogen-bond acceptors (Lipinski definition) is 5. The molecule has 44 heavy (non-hydrogen) atoms. The summed E-state index contributed by atoms with van der Waals surface area (Å²) in [7, 11) is 0. The van der Waals surface area contributed by atoms with Crippen molar-refractivity contribution < 1.29 is 36.9 Å². The summed E-state index contributed by atoms with van der Waals surface area (Å²) in [5.74, 6) is -1.81. The standard InChI is InChI=1S/C34H35N4O4S.Fe/c1-7-21-16(2)24-12-25-17(3)22(8-10-32(39)40)29(36-25)15-30-23(9-11-33(41)42)18(4)26(37-30)14-31-34(20(6)43)19(5)27(38-31)13-28(21)35-24;/h7,12-15,20H,1,6,8-11H2,2-5H3,(H5,35,36,37,38,39,40,41,42,43);/q-1;+2/p-2/t20-;/m0./s1. The molecular formula is C34H33FeN4O4S-. The normalized spacial score (nSPS) is 13.6. The van der Waals surface area contributed by atoms with Gasteiger partial charge >= 0.3 is 29.0 Å². The second-order valence-corrected chi connectivity index (χ2v) is 11.5. The number of carboxylic acids is 2. The Bertz CT molecular complexity index is 1930. The van der Waals surface area contributed by atoms with Crippen molar-refractivity contribution in [3.8, 4) is 0 Å². The van der Waals surface area contributed by atoms with Gasteiger partial charge < -0.3 is 27.1 Å². The van der Waals surface area contributed by atoms with Crippen LogP contribution in [0.25, 0.3) is 44.4 Å². The molecule has 0 saturated carbocycles. The molecule has 3 aromatic heterocycles. The van der Waals surface area contributed by atoms with Crippen molar-refractivity contribution in [1.82, 2.24) is 19.9 Å². The van der Waals surface area contributed by atoms with Crippen molar-refractivity contribution in [3.05, 3.63) is 88.9 Å². The summed E-state index contributed by atoms with van der Waals surface area (Å²) < 4.78 is 0. The molecule has 2 N–H and O–H groups in total. The first kappa shape index (κ1) is 33.1. The fraction of sp³-hybridized carbons (Fsp3) is 0.265. The third kappa shape index (κ3) is 6.20. The van der Waals surface area contributed by atoms with Crippen molar-refractivity contribution in [2.75, 3.05) is 0 Å². The van der Waals surface area contributed by atoms with Crippen LogP contribution in [0.5, 0.6) is 0 Å². The number of aromatic nitrogens is 4. The molecule has 0 saturated heterocycles. The molecule has 0 radical (unpaired) electrons. The first-order valence-corrected chi connectivity index (χ1v) is 14.5. The number of nitrogens with zero attached hydrogens (tertiary/aromatic N) is 4. The largest absolute Gasteiger partial charge is 2.00 e. The molecule has 2 aliphatic rings. The Balaban J connectivity index is 0.00000442. The first-order valence-electron chi connectivity index (χ1n) is 14.0. The van der Waals surface area contributed by atoms with Gasteiger partial charge in [0.05, 0.1) is 22.8 Å². The summed E-state index contributed by atoms with van der Waals surface area (Å²) >= 11 is 4.66. The zero-order valence-electron chi connectivity index (χ0n) is 25.0. The molecular weight excluding hydrogens is 616 g/mol. The molecule has 0 unspecified atom stereocenters. The number of allylic oxidation sites excluding steroid dienone is 5. The topological polar surface area (TPSA) is 129 Å². The van der Waals surface area contributed by atoms with Crippen LogP contribution < -0.4 is 9.97 Å². The molecule has 228 valence electrons. The Kier molecular flexibility index (Phi) is 9.78. The number of aryl methyl sites for hydroxylation is 3. The van der Waals surface area contributed by atoms with E-state index in [1.807, 2.05) is 52.0 Å². The minimum Gasteiger partial charge on any atom is -0.657 e. The Morgan fingerprint density at radius 1 is 0.841 bits per heavy atom. The molecule has 0 fully saturated rings. The van der Waals surface area contributed by atoms with E-state index in [4.69, 9.17) is 19.9 Å². The van der Waals surface area contributed by atoms with Crippen LogP contribution in [0.2, 0.25) is 0 Å². The van der Waals surface area contributed by atoms with Crippen LogP contribution in [-0.4, -0.2) is 32.1 Å². The summed E-state index contributed by atoms with van der Waals surface area (Å²) in [5, 5.41) is 18.6. The van der Waals surface area contributed by atoms with E-state index in [1.54, 1.807) is 6.08 Å². The molecule has 5 rings (SSSR count). The Hall–Kier alpha value is -3.85. The van der Waals surface area contributed by atoms with Gasteiger partial charge in [-0.1, -0.05) is 59.2 Å². The van der Waals surface area contributed by atoms with E-state index in [0.29, 0.717) is 27.9 Å². The summed E-state index contributed by atoms with van der Waals surface area (Å²) in [6.07, 6.45) is 2.24. The van der Waals surface area contributed by atoms with Gasteiger partial charge in [-0.3, -0.25) is 9.59 Å². The fourth-order valence-electron chi connectivity index (χ4n) is 5.78. The van der Waals surface area contributed by atoms with Crippen LogP contribution in [0.15, 0.2) is 36.9 Å². The van der Waals surface area contributed by atoms with Gasteiger partial charge in [0.25, 0.3) is 0 Å². The quantitative estimate of drug-likeness (QED) is 0.136. The van der Waals surface area contributed by atoms with E-state index in [-0.39, 0.29) is 48.0 Å². The Labute approximate surface area is 272 Å². The van der Waals surface area contributed by atoms with Crippen molar-refractivity contribution in [2.24, 2.45) is 0 Å². The number of thiol groups is 1. The molecule has 0 aliphatic carbocycles. The molecule has 8 nitrogen and oxygen atoms in total. The van der Waals surface area contributed by atoms with Crippen LogP contribution >= 0.6 is 12.6 Å². The third-order valence-electron chi connectivity index (χ3n) is 8.19. The third-order valence-corrected chi connectivity index (χ3v) is 8.45. The van der Waals surface area contributed by atoms with Gasteiger partial charge in [-0.25, -0.2) is 22.6 Å². The SMILES string of the molecule is C=CC1=C(C)c2cc3[n-]c(cc4nc(cc5[n-]c(cc1n2)c(C)c5[C@H]([CH2-])S)C(C)=C4CCC(=O)O)c(CCC(=O)O)c3C.[Fe+2]. The van der Waals surface area contributed by atoms with Crippen molar-refractivity contribution in [2.45, 2.75) is 58.6 Å². The molecule has 8 bridgehead atoms. The first-order chi connectivity index (χ1) is 20.4. The summed E-state index contributed by atoms with van der Waals surface area (Å²) in [6.45, 7) is 16.0. The fourth-order valence-corrected chi connectivity index (χ4v) is 6.10. The Morgan fingerprint density at radius 3 is 2.00 bits per heavy atom. The number of hydrogen-bond donors (Lipinski definition) is 3. The van der Waals surface area contributed by atoms with E-state index in [2.05, 4.69) is 26.1 Å². The minimum absolute atomic E-state index is 0. The van der Waals surface area contributed by atoms with Gasteiger partial charge in [0.15, 0.2) is 0 Å². The van der Waals surface area contributed by atoms with Crippen LogP contribution in [0, 0.1) is 20.8 Å². The second kappa shape index (κ2) is 13.0. The summed E-state index contributed by atoms with van der Waals surface area (Å²) in [5.41, 5.74) is 12.4. The molecule has 0 aromatic carbocycles. The number of carbonyl (C=O) groups is 2. The number of aliphatic carboxylic acids is 2. The molecule has 0 amide bonds. The Morgan fingerprint density at radius 2 is 1.36 bits per heavy atom. The predicted molar refractivity (Wildman–Crippen MR) is 173 cm³/mol. The average molecular weight is 650 g/mol. The van der Waals surface area contributed by atoms with Gasteiger partial charge in [-0.15, -0.1) is 27.3 Å². The molecule has 5 heterocycles. The molecule has 1 atom stereocenters. The van der Waals surface area contributed by atoms with Gasteiger partial charge in [0, 0.05) is 18.4 Å². The zero-order chi connectivity index (χ0) is 31.2. The van der Waals surface area contributed by atoms with Crippen LogP contribution in [0.1, 0.15) is 83.4 Å². The number of carboxylic acid groups (broad SMARTS) is 2. The van der Waals surface area contributed by atoms with E-state index in [1.165, 1.54) is 0 Å². The van der Waals surface area contributed by atoms with Gasteiger partial charge in [-0.05, 0) is 57.3 Å². The van der Waals surface area contributed by atoms with Crippen molar-refractivity contribution in [1.29, 1.82) is 0 Å². The molecule has 10 heteroatoms. The second-order valence-electron chi connectivity index (χ2n) is 10.9. The van der Waals surface area contributed by atoms with Gasteiger partial charge in [-0.2, -0.15) is 0 Å². The number of rotatable bonds is 8. The summed E-state index contributed by atoms with van der Waals surface area (Å²) in [6, 6.07) is 7.60. The van der Waals surface area contributed by atoms with E-state index in [0.717, 1.165) is 61.5 Å². The van der Waals surface area contributed by atoms with Crippen LogP contribution in [-0.2, 0) is 33.1 Å². The van der Waals surface area contributed by atoms with Crippen LogP contribution in [0.3, 0.4) is 0 Å². The van der Waals surface area contributed by atoms with Crippen molar-refractivity contribution in [3.63, 3.8) is 0 Å². The van der Waals surface area contributed by atoms with Crippen LogP contribution in [0.4, 0.5) is 0 Å². The molecule has 3 aromatic rings. The van der Waals surface area contributed by atoms with Gasteiger partial charge in [0.2, 0.25) is 0 Å². The zero-order valence-corrected chi connectivity index (χ0v) is 27.0. The number of fused-ring (bicyclic) bond motifs is 8. The summed E-state index contributed by atoms with van der Waals surface area (Å²) in [4.78, 5) is 42.9. The predicted octanol–water partition coefficient (Wildman–Crippen LogP) is 6.92. The smallest absolute Gasteiger partial charge is 0.657 e. The maximum Gasteiger partial charge on any atom is 2.00 e. The van der Waals surface area contributed by atoms with Gasteiger partial charge in [0.1, 0.15) is 0 Å². The van der Waals surface area contributed by atoms with E-state index in [9.17, 15) is 19.8 Å². The maximum absolute atomic E-state index is 11.5. The minimum atomic E-state index is -0.904. The monoisotopic (exact) mass is 649 g/mol. The average Bonchev–Trinajstić information content (AvgIpc) is 3.59. The van der Waals surface area contributed by atoms with Crippen molar-refractivity contribution >= 4 is 68.9 Å².